The lowest BCUT2D eigenvalue weighted by atomic mass is 10.0. The van der Waals surface area contributed by atoms with Crippen LogP contribution in [0.4, 0.5) is 17.1 Å². The van der Waals surface area contributed by atoms with Crippen LogP contribution >= 0.6 is 12.4 Å². The second-order valence-electron chi connectivity index (χ2n) is 9.77. The van der Waals surface area contributed by atoms with Crippen molar-refractivity contribution in [1.29, 1.82) is 0 Å². The Morgan fingerprint density at radius 2 is 1.63 bits per heavy atom. The Morgan fingerprint density at radius 3 is 2.32 bits per heavy atom. The first-order valence-electron chi connectivity index (χ1n) is 13.0. The van der Waals surface area contributed by atoms with Gasteiger partial charge in [0.2, 0.25) is 5.91 Å². The van der Waals surface area contributed by atoms with Gasteiger partial charge >= 0.3 is 0 Å². The fourth-order valence-corrected chi connectivity index (χ4v) is 4.96. The van der Waals surface area contributed by atoms with E-state index in [0.717, 1.165) is 16.3 Å². The summed E-state index contributed by atoms with van der Waals surface area (Å²) in [5.41, 5.74) is 14.5. The molecule has 4 aromatic rings. The van der Waals surface area contributed by atoms with Crippen molar-refractivity contribution in [3.8, 4) is 5.75 Å². The minimum atomic E-state index is -1.05. The molecule has 3 amide bonds. The van der Waals surface area contributed by atoms with E-state index in [9.17, 15) is 14.4 Å². The van der Waals surface area contributed by atoms with E-state index in [1.54, 1.807) is 55.3 Å². The van der Waals surface area contributed by atoms with Gasteiger partial charge in [-0.1, -0.05) is 42.5 Å². The lowest BCUT2D eigenvalue weighted by Crippen LogP contribution is -2.55. The second-order valence-corrected chi connectivity index (χ2v) is 9.77. The lowest BCUT2D eigenvalue weighted by molar-refractivity contribution is -0.127. The number of nitrogens with one attached hydrogen (secondary N) is 1. The van der Waals surface area contributed by atoms with Gasteiger partial charge in [-0.2, -0.15) is 0 Å². The van der Waals surface area contributed by atoms with Crippen molar-refractivity contribution in [3.63, 3.8) is 0 Å². The van der Waals surface area contributed by atoms with Gasteiger partial charge < -0.3 is 31.3 Å². The zero-order chi connectivity index (χ0) is 28.4. The molecule has 5 N–H and O–H groups in total. The summed E-state index contributed by atoms with van der Waals surface area (Å²) in [7, 11) is 1.59. The highest BCUT2D eigenvalue weighted by Crippen LogP contribution is 2.37. The number of anilines is 3. The van der Waals surface area contributed by atoms with Crippen molar-refractivity contribution in [2.75, 3.05) is 29.2 Å². The molecule has 0 bridgehead atoms. The Bertz CT molecular complexity index is 1590. The summed E-state index contributed by atoms with van der Waals surface area (Å²) in [6.45, 7) is 1.61. The number of carbonyl (C=O) groups excluding carboxylic acids is 3. The number of nitrogen functional groups attached to an aromatic ring is 1. The highest BCUT2D eigenvalue weighted by molar-refractivity contribution is 6.13. The van der Waals surface area contributed by atoms with Crippen LogP contribution in [0.2, 0.25) is 0 Å². The van der Waals surface area contributed by atoms with Gasteiger partial charge in [0.25, 0.3) is 11.8 Å². The van der Waals surface area contributed by atoms with E-state index in [1.165, 1.54) is 4.90 Å². The smallest absolute Gasteiger partial charge is 0.258 e. The van der Waals surface area contributed by atoms with Crippen molar-refractivity contribution in [3.05, 3.63) is 96.1 Å². The SMILES string of the molecule is COc1ccc2ccccc2c1CN1C(=O)[C@@H](NC(=O)[C@H](C)N)CN(C(=O)c2ccc(N)cc2)c2ccccc21.Cl. The number of halogens is 1. The van der Waals surface area contributed by atoms with E-state index in [1.807, 2.05) is 48.5 Å². The number of hydrogen-bond donors (Lipinski definition) is 3. The van der Waals surface area contributed by atoms with Gasteiger partial charge in [-0.15, -0.1) is 12.4 Å². The largest absolute Gasteiger partial charge is 0.496 e. The Morgan fingerprint density at radius 1 is 0.976 bits per heavy atom. The monoisotopic (exact) mass is 573 g/mol. The van der Waals surface area contributed by atoms with Gasteiger partial charge in [0.05, 0.1) is 37.6 Å². The summed E-state index contributed by atoms with van der Waals surface area (Å²) >= 11 is 0. The summed E-state index contributed by atoms with van der Waals surface area (Å²) in [5, 5.41) is 4.70. The number of fused-ring (bicyclic) bond motifs is 2. The molecule has 1 heterocycles. The quantitative estimate of drug-likeness (QED) is 0.300. The van der Waals surface area contributed by atoms with E-state index >= 15 is 0 Å². The number of rotatable bonds is 6. The van der Waals surface area contributed by atoms with E-state index in [2.05, 4.69) is 5.32 Å². The van der Waals surface area contributed by atoms with E-state index in [0.29, 0.717) is 28.4 Å². The summed E-state index contributed by atoms with van der Waals surface area (Å²) < 4.78 is 5.70. The summed E-state index contributed by atoms with van der Waals surface area (Å²) in [4.78, 5) is 43.9. The number of benzene rings is 4. The van der Waals surface area contributed by atoms with Crippen LogP contribution in [0, 0.1) is 0 Å². The standard InChI is InChI=1S/C31H31N5O4.ClH/c1-19(32)29(37)34-25-18-36(30(38)21-11-14-22(33)15-12-21)27-10-6-5-9-26(27)35(31(25)39)17-24-23-8-4-3-7-20(23)13-16-28(24)40-2;/h3-16,19,25H,17-18,32-33H2,1-2H3,(H,34,37);1H/t19-,25-;/m0./s1. The highest BCUT2D eigenvalue weighted by atomic mass is 35.5. The van der Waals surface area contributed by atoms with Gasteiger partial charge in [-0.05, 0) is 60.2 Å². The molecular weight excluding hydrogens is 542 g/mol. The maximum absolute atomic E-state index is 14.2. The molecule has 0 radical (unpaired) electrons. The fraction of sp³-hybridized carbons (Fsp3) is 0.194. The molecule has 4 aromatic carbocycles. The number of ether oxygens (including phenoxy) is 1. The number of amides is 3. The predicted molar refractivity (Wildman–Crippen MR) is 163 cm³/mol. The molecule has 0 fully saturated rings. The van der Waals surface area contributed by atoms with Crippen LogP contribution in [-0.2, 0) is 16.1 Å². The summed E-state index contributed by atoms with van der Waals surface area (Å²) in [6, 6.07) is 23.6. The molecule has 1 aliphatic rings. The number of nitrogens with two attached hydrogens (primary N) is 2. The Labute approximate surface area is 244 Å². The molecule has 0 saturated carbocycles. The first-order valence-corrected chi connectivity index (χ1v) is 13.0. The third-order valence-electron chi connectivity index (χ3n) is 7.06. The van der Waals surface area contributed by atoms with Crippen molar-refractivity contribution < 1.29 is 19.1 Å². The van der Waals surface area contributed by atoms with Crippen molar-refractivity contribution >= 4 is 58.0 Å². The molecule has 212 valence electrons. The first-order chi connectivity index (χ1) is 19.3. The summed E-state index contributed by atoms with van der Waals surface area (Å²) in [6.07, 6.45) is 0. The average molecular weight is 574 g/mol. The molecule has 41 heavy (non-hydrogen) atoms. The first kappa shape index (κ1) is 29.4. The Hall–Kier alpha value is -4.60. The van der Waals surface area contributed by atoms with E-state index < -0.39 is 18.0 Å². The topological polar surface area (TPSA) is 131 Å². The van der Waals surface area contributed by atoms with Crippen LogP contribution in [0.25, 0.3) is 10.8 Å². The van der Waals surface area contributed by atoms with Gasteiger partial charge in [0, 0.05) is 16.8 Å². The van der Waals surface area contributed by atoms with Gasteiger partial charge in [-0.25, -0.2) is 0 Å². The van der Waals surface area contributed by atoms with E-state index in [4.69, 9.17) is 16.2 Å². The van der Waals surface area contributed by atoms with Gasteiger partial charge in [0.1, 0.15) is 11.8 Å². The molecule has 0 spiro atoms. The maximum Gasteiger partial charge on any atom is 0.258 e. The van der Waals surface area contributed by atoms with Crippen LogP contribution in [-0.4, -0.2) is 43.5 Å². The molecule has 5 rings (SSSR count). The predicted octanol–water partition coefficient (Wildman–Crippen LogP) is 3.88. The molecule has 0 aromatic heterocycles. The Balaban J connectivity index is 0.00000387. The number of para-hydroxylation sites is 2. The molecule has 9 nitrogen and oxygen atoms in total. The van der Waals surface area contributed by atoms with Gasteiger partial charge in [-0.3, -0.25) is 14.4 Å². The molecular formula is C31H32ClN5O4. The minimum Gasteiger partial charge on any atom is -0.496 e. The number of hydrogen-bond acceptors (Lipinski definition) is 6. The molecule has 0 saturated heterocycles. The third-order valence-corrected chi connectivity index (χ3v) is 7.06. The molecule has 0 unspecified atom stereocenters. The van der Waals surface area contributed by atoms with Crippen LogP contribution < -0.4 is 31.3 Å². The lowest BCUT2D eigenvalue weighted by Gasteiger charge is -2.27. The molecule has 2 atom stereocenters. The van der Waals surface area contributed by atoms with Crippen molar-refractivity contribution in [2.45, 2.75) is 25.6 Å². The zero-order valence-electron chi connectivity index (χ0n) is 22.7. The average Bonchev–Trinajstić information content (AvgIpc) is 3.08. The van der Waals surface area contributed by atoms with Crippen molar-refractivity contribution in [1.82, 2.24) is 5.32 Å². The fourth-order valence-electron chi connectivity index (χ4n) is 4.96. The van der Waals surface area contributed by atoms with Crippen LogP contribution in [0.3, 0.4) is 0 Å². The van der Waals surface area contributed by atoms with Crippen LogP contribution in [0.5, 0.6) is 5.75 Å². The number of carbonyl (C=O) groups is 3. The normalized spacial score (nSPS) is 15.4. The molecule has 0 aliphatic carbocycles. The summed E-state index contributed by atoms with van der Waals surface area (Å²) in [5.74, 6) is -0.569. The van der Waals surface area contributed by atoms with Crippen LogP contribution in [0.15, 0.2) is 84.9 Å². The third kappa shape index (κ3) is 5.82. The zero-order valence-corrected chi connectivity index (χ0v) is 23.6. The van der Waals surface area contributed by atoms with E-state index in [-0.39, 0.29) is 37.3 Å². The van der Waals surface area contributed by atoms with Gasteiger partial charge in [0.15, 0.2) is 0 Å². The number of nitrogens with zero attached hydrogens (tertiary/aromatic N) is 2. The molecule has 10 heteroatoms. The maximum atomic E-state index is 14.2. The number of methoxy groups -OCH3 is 1. The Kier molecular flexibility index (Phi) is 8.80. The second kappa shape index (κ2) is 12.3. The molecule has 1 aliphatic heterocycles. The van der Waals surface area contributed by atoms with Crippen LogP contribution in [0.1, 0.15) is 22.8 Å². The van der Waals surface area contributed by atoms with Crippen molar-refractivity contribution in [2.24, 2.45) is 5.73 Å². The highest BCUT2D eigenvalue weighted by Gasteiger charge is 2.38. The minimum absolute atomic E-state index is 0.